The number of hydrogen-bond acceptors (Lipinski definition) is 9. The van der Waals surface area contributed by atoms with E-state index < -0.39 is 5.97 Å². The molecule has 176 valence electrons. The Hall–Kier alpha value is -4.65. The number of carboxylic acids is 1. The van der Waals surface area contributed by atoms with Gasteiger partial charge >= 0.3 is 5.97 Å². The second-order valence-corrected chi connectivity index (χ2v) is 7.01. The number of carbonyl (C=O) groups is 1. The zero-order valence-corrected chi connectivity index (χ0v) is 19.1. The number of methoxy groups -OCH3 is 4. The quantitative estimate of drug-likeness (QED) is 0.444. The molecule has 0 bridgehead atoms. The van der Waals surface area contributed by atoms with Crippen molar-refractivity contribution in [1.82, 2.24) is 9.97 Å². The van der Waals surface area contributed by atoms with Gasteiger partial charge in [0.2, 0.25) is 5.95 Å². The van der Waals surface area contributed by atoms with Gasteiger partial charge in [0.05, 0.1) is 45.1 Å². The molecule has 0 aliphatic rings. The smallest absolute Gasteiger partial charge is 0.335 e. The molecule has 0 aliphatic carbocycles. The highest BCUT2D eigenvalue weighted by atomic mass is 16.5. The highest BCUT2D eigenvalue weighted by molar-refractivity contribution is 5.89. The van der Waals surface area contributed by atoms with Gasteiger partial charge in [0.1, 0.15) is 5.82 Å². The third-order valence-electron chi connectivity index (χ3n) is 4.91. The van der Waals surface area contributed by atoms with Gasteiger partial charge in [-0.3, -0.25) is 0 Å². The molecule has 5 N–H and O–H groups in total. The van der Waals surface area contributed by atoms with Crippen LogP contribution in [0.2, 0.25) is 0 Å². The highest BCUT2D eigenvalue weighted by Crippen LogP contribution is 2.35. The Balaban J connectivity index is 2.13. The topological polar surface area (TPSA) is 152 Å². The minimum absolute atomic E-state index is 0.0130. The molecule has 10 heteroatoms. The first kappa shape index (κ1) is 24.0. The van der Waals surface area contributed by atoms with Crippen molar-refractivity contribution in [2.75, 3.05) is 39.9 Å². The van der Waals surface area contributed by atoms with Crippen LogP contribution >= 0.6 is 0 Å². The Kier molecular flexibility index (Phi) is 7.28. The molecule has 1 aromatic heterocycles. The molecule has 34 heavy (non-hydrogen) atoms. The van der Waals surface area contributed by atoms with Crippen LogP contribution in [0.3, 0.4) is 0 Å². The third kappa shape index (κ3) is 5.05. The van der Waals surface area contributed by atoms with E-state index in [0.717, 1.165) is 5.56 Å². The van der Waals surface area contributed by atoms with Crippen LogP contribution in [0.25, 0.3) is 0 Å². The second-order valence-electron chi connectivity index (χ2n) is 7.01. The second kappa shape index (κ2) is 10.3. The largest absolute Gasteiger partial charge is 0.493 e. The van der Waals surface area contributed by atoms with Crippen molar-refractivity contribution in [2.24, 2.45) is 0 Å². The molecule has 2 aromatic carbocycles. The lowest BCUT2D eigenvalue weighted by Gasteiger charge is -2.13. The van der Waals surface area contributed by atoms with E-state index in [1.165, 1.54) is 40.6 Å². The molecule has 3 aromatic rings. The summed E-state index contributed by atoms with van der Waals surface area (Å²) in [6.07, 6.45) is 1.96. The standard InChI is InChI=1S/C24H24N4O6/c1-31-18-9-13(8-17-12-27-24(26)28-22(17)25)7-14(20(18)33-3)5-6-15-10-16(23(29)30)11-19(32-2)21(15)34-4/h7,9-12H,8H2,1-4H3,(H,29,30)(H4,25,26,27,28). The molecule has 1 heterocycles. The molecule has 0 atom stereocenters. The minimum atomic E-state index is -1.12. The lowest BCUT2D eigenvalue weighted by atomic mass is 10.0. The van der Waals surface area contributed by atoms with Crippen LogP contribution in [0, 0.1) is 11.8 Å². The van der Waals surface area contributed by atoms with Crippen LogP contribution < -0.4 is 30.4 Å². The van der Waals surface area contributed by atoms with E-state index in [0.29, 0.717) is 40.4 Å². The van der Waals surface area contributed by atoms with Gasteiger partial charge in [0.25, 0.3) is 0 Å². The molecular formula is C24H24N4O6. The van der Waals surface area contributed by atoms with Gasteiger partial charge in [-0.2, -0.15) is 4.98 Å². The van der Waals surface area contributed by atoms with E-state index >= 15 is 0 Å². The number of benzene rings is 2. The van der Waals surface area contributed by atoms with Crippen LogP contribution in [0.5, 0.6) is 23.0 Å². The van der Waals surface area contributed by atoms with Gasteiger partial charge in [-0.25, -0.2) is 9.78 Å². The van der Waals surface area contributed by atoms with E-state index in [-0.39, 0.29) is 23.1 Å². The summed E-state index contributed by atoms with van der Waals surface area (Å²) < 4.78 is 21.7. The van der Waals surface area contributed by atoms with Crippen molar-refractivity contribution in [2.45, 2.75) is 6.42 Å². The molecule has 0 radical (unpaired) electrons. The first-order valence-electron chi connectivity index (χ1n) is 9.94. The highest BCUT2D eigenvalue weighted by Gasteiger charge is 2.16. The maximum Gasteiger partial charge on any atom is 0.335 e. The molecule has 10 nitrogen and oxygen atoms in total. The average molecular weight is 464 g/mol. The number of hydrogen-bond donors (Lipinski definition) is 3. The minimum Gasteiger partial charge on any atom is -0.493 e. The summed E-state index contributed by atoms with van der Waals surface area (Å²) in [5.41, 5.74) is 13.9. The van der Waals surface area contributed by atoms with Crippen molar-refractivity contribution in [3.05, 3.63) is 58.3 Å². The third-order valence-corrected chi connectivity index (χ3v) is 4.91. The van der Waals surface area contributed by atoms with Crippen molar-refractivity contribution in [3.8, 4) is 34.8 Å². The van der Waals surface area contributed by atoms with Crippen LogP contribution in [-0.2, 0) is 6.42 Å². The van der Waals surface area contributed by atoms with E-state index in [1.54, 1.807) is 12.3 Å². The van der Waals surface area contributed by atoms with E-state index in [2.05, 4.69) is 21.8 Å². The lowest BCUT2D eigenvalue weighted by molar-refractivity contribution is 0.0696. The summed E-state index contributed by atoms with van der Waals surface area (Å²) in [6, 6.07) is 6.40. The van der Waals surface area contributed by atoms with Crippen LogP contribution in [0.1, 0.15) is 32.6 Å². The zero-order valence-electron chi connectivity index (χ0n) is 19.1. The molecule has 0 spiro atoms. The summed E-state index contributed by atoms with van der Waals surface area (Å²) in [4.78, 5) is 19.5. The fourth-order valence-electron chi connectivity index (χ4n) is 3.32. The molecule has 0 saturated carbocycles. The normalized spacial score (nSPS) is 10.1. The molecule has 0 amide bonds. The number of nitrogens with two attached hydrogens (primary N) is 2. The average Bonchev–Trinajstić information content (AvgIpc) is 2.83. The van der Waals surface area contributed by atoms with Gasteiger partial charge in [-0.05, 0) is 29.8 Å². The Morgan fingerprint density at radius 2 is 1.50 bits per heavy atom. The fraction of sp³-hybridized carbons (Fsp3) is 0.208. The first-order chi connectivity index (χ1) is 16.3. The molecule has 0 fully saturated rings. The number of anilines is 2. The molecule has 0 aliphatic heterocycles. The van der Waals surface area contributed by atoms with E-state index in [4.69, 9.17) is 30.4 Å². The van der Waals surface area contributed by atoms with Crippen LogP contribution in [0.4, 0.5) is 11.8 Å². The Bertz CT molecular complexity index is 1300. The summed E-state index contributed by atoms with van der Waals surface area (Å²) in [5, 5.41) is 9.44. The van der Waals surface area contributed by atoms with Crippen molar-refractivity contribution < 1.29 is 28.8 Å². The number of carboxylic acid groups (broad SMARTS) is 1. The molecule has 0 unspecified atom stereocenters. The predicted molar refractivity (Wildman–Crippen MR) is 126 cm³/mol. The maximum absolute atomic E-state index is 11.5. The molecule has 3 rings (SSSR count). The van der Waals surface area contributed by atoms with Gasteiger partial charge in [0.15, 0.2) is 23.0 Å². The summed E-state index contributed by atoms with van der Waals surface area (Å²) in [5.74, 6) is 6.69. The SMILES string of the molecule is COc1cc(Cc2cnc(N)nc2N)cc(C#Cc2cc(C(=O)O)cc(OC)c2OC)c1OC. The van der Waals surface area contributed by atoms with Gasteiger partial charge in [-0.15, -0.1) is 0 Å². The number of aromatic carboxylic acids is 1. The monoisotopic (exact) mass is 464 g/mol. The Morgan fingerprint density at radius 3 is 2.03 bits per heavy atom. The molecule has 0 saturated heterocycles. The Morgan fingerprint density at radius 1 is 0.912 bits per heavy atom. The van der Waals surface area contributed by atoms with E-state index in [9.17, 15) is 9.90 Å². The fourth-order valence-corrected chi connectivity index (χ4v) is 3.32. The lowest BCUT2D eigenvalue weighted by Crippen LogP contribution is -2.04. The van der Waals surface area contributed by atoms with Crippen LogP contribution in [-0.4, -0.2) is 49.5 Å². The van der Waals surface area contributed by atoms with Crippen molar-refractivity contribution in [1.29, 1.82) is 0 Å². The van der Waals surface area contributed by atoms with Gasteiger partial charge in [0, 0.05) is 18.2 Å². The first-order valence-corrected chi connectivity index (χ1v) is 9.94. The molecular weight excluding hydrogens is 440 g/mol. The predicted octanol–water partition coefficient (Wildman–Crippen LogP) is 2.36. The van der Waals surface area contributed by atoms with Gasteiger partial charge in [-0.1, -0.05) is 11.8 Å². The number of rotatable bonds is 7. The van der Waals surface area contributed by atoms with Crippen molar-refractivity contribution >= 4 is 17.7 Å². The van der Waals surface area contributed by atoms with Gasteiger partial charge < -0.3 is 35.5 Å². The summed E-state index contributed by atoms with van der Waals surface area (Å²) in [7, 11) is 5.89. The number of ether oxygens (including phenoxy) is 4. The number of nitrogens with zero attached hydrogens (tertiary/aromatic N) is 2. The van der Waals surface area contributed by atoms with Crippen molar-refractivity contribution in [3.63, 3.8) is 0 Å². The summed E-state index contributed by atoms with van der Waals surface area (Å²) >= 11 is 0. The number of nitrogen functional groups attached to an aromatic ring is 2. The van der Waals surface area contributed by atoms with E-state index in [1.807, 2.05) is 6.07 Å². The number of aromatic nitrogens is 2. The summed E-state index contributed by atoms with van der Waals surface area (Å²) in [6.45, 7) is 0. The van der Waals surface area contributed by atoms with Crippen LogP contribution in [0.15, 0.2) is 30.5 Å². The Labute approximate surface area is 196 Å². The maximum atomic E-state index is 11.5. The zero-order chi connectivity index (χ0) is 24.8.